The maximum absolute atomic E-state index is 13.9. The molecule has 0 aromatic heterocycles. The first-order valence-corrected chi connectivity index (χ1v) is 12.1. The number of amides is 2. The summed E-state index contributed by atoms with van der Waals surface area (Å²) in [5.74, 6) is -1.64. The summed E-state index contributed by atoms with van der Waals surface area (Å²) in [5, 5.41) is 0.783. The molecule has 1 aromatic carbocycles. The Bertz CT molecular complexity index is 915. The highest BCUT2D eigenvalue weighted by atomic mass is 35.5. The molecular formula is C24H32Cl2N2O6. The molecule has 0 bridgehead atoms. The third-order valence-electron chi connectivity index (χ3n) is 5.76. The van der Waals surface area contributed by atoms with Crippen molar-refractivity contribution in [1.82, 2.24) is 9.80 Å². The van der Waals surface area contributed by atoms with Crippen molar-refractivity contribution in [2.24, 2.45) is 5.92 Å². The van der Waals surface area contributed by atoms with Gasteiger partial charge in [-0.2, -0.15) is 0 Å². The molecule has 188 valence electrons. The van der Waals surface area contributed by atoms with Gasteiger partial charge >= 0.3 is 6.09 Å². The minimum Gasteiger partial charge on any atom is -0.444 e. The number of rotatable bonds is 8. The first-order chi connectivity index (χ1) is 16.0. The van der Waals surface area contributed by atoms with Gasteiger partial charge in [-0.15, -0.1) is 0 Å². The summed E-state index contributed by atoms with van der Waals surface area (Å²) in [7, 11) is 1.48. The van der Waals surface area contributed by atoms with Crippen LogP contribution in [0.5, 0.6) is 0 Å². The largest absolute Gasteiger partial charge is 0.444 e. The molecule has 10 heteroatoms. The number of ether oxygens (including phenoxy) is 3. The van der Waals surface area contributed by atoms with Crippen LogP contribution in [0, 0.1) is 5.92 Å². The lowest BCUT2D eigenvalue weighted by molar-refractivity contribution is -0.151. The number of likely N-dealkylation sites (tertiary alicyclic amines) is 1. The van der Waals surface area contributed by atoms with Gasteiger partial charge in [0.15, 0.2) is 0 Å². The minimum absolute atomic E-state index is 0.00722. The molecule has 3 rings (SSSR count). The van der Waals surface area contributed by atoms with Crippen molar-refractivity contribution in [2.75, 3.05) is 27.1 Å². The lowest BCUT2D eigenvalue weighted by Gasteiger charge is -2.41. The molecule has 8 nitrogen and oxygen atoms in total. The average molecular weight is 515 g/mol. The molecule has 1 unspecified atom stereocenters. The van der Waals surface area contributed by atoms with Crippen LogP contribution in [0.2, 0.25) is 10.0 Å². The molecule has 2 fully saturated rings. The molecule has 1 saturated carbocycles. The number of ketones is 1. The molecule has 2 atom stereocenters. The van der Waals surface area contributed by atoms with E-state index in [2.05, 4.69) is 0 Å². The zero-order chi connectivity index (χ0) is 25.0. The van der Waals surface area contributed by atoms with Gasteiger partial charge in [0.25, 0.3) is 0 Å². The van der Waals surface area contributed by atoms with Crippen LogP contribution in [-0.2, 0) is 30.3 Å². The first kappa shape index (κ1) is 26.7. The van der Waals surface area contributed by atoms with Gasteiger partial charge < -0.3 is 24.0 Å². The second kappa shape index (κ2) is 11.2. The Hall–Kier alpha value is -1.87. The summed E-state index contributed by atoms with van der Waals surface area (Å²) in [6, 6.07) is 4.47. The Morgan fingerprint density at radius 3 is 2.53 bits per heavy atom. The number of nitrogens with zero attached hydrogens (tertiary/aromatic N) is 2. The Morgan fingerprint density at radius 2 is 1.91 bits per heavy atom. The van der Waals surface area contributed by atoms with Crippen LogP contribution in [0.4, 0.5) is 4.79 Å². The smallest absolute Gasteiger partial charge is 0.410 e. The standard InChI is InChI=1S/C24H32Cl2N2O6/c1-24(2,3)34-23(31)27-11-10-19(29)20(18(27)13-33-14-32-4)22(30)28(16-8-9-16)12-15-6-5-7-17(25)21(15)26/h5-7,16,18,20H,8-14H2,1-4H3/t18-,20?/m1/s1. The second-order valence-corrected chi connectivity index (χ2v) is 10.4. The Labute approximate surface area is 210 Å². The Kier molecular flexibility index (Phi) is 8.84. The van der Waals surface area contributed by atoms with Gasteiger partial charge in [-0.3, -0.25) is 9.59 Å². The quantitative estimate of drug-likeness (QED) is 0.292. The summed E-state index contributed by atoms with van der Waals surface area (Å²) >= 11 is 12.5. The van der Waals surface area contributed by atoms with E-state index in [-0.39, 0.29) is 50.6 Å². The molecule has 2 aliphatic rings. The van der Waals surface area contributed by atoms with Gasteiger partial charge in [0.1, 0.15) is 24.1 Å². The van der Waals surface area contributed by atoms with Gasteiger partial charge in [-0.25, -0.2) is 4.79 Å². The number of halogens is 2. The molecule has 1 aromatic rings. The molecule has 1 heterocycles. The Morgan fingerprint density at radius 1 is 1.21 bits per heavy atom. The van der Waals surface area contributed by atoms with E-state index in [0.29, 0.717) is 15.6 Å². The third kappa shape index (κ3) is 6.62. The summed E-state index contributed by atoms with van der Waals surface area (Å²) in [4.78, 5) is 43.0. The SMILES string of the molecule is COCOC[C@@H]1C(C(=O)N(Cc2cccc(Cl)c2Cl)C2CC2)C(=O)CCN1C(=O)OC(C)(C)C. The fraction of sp³-hybridized carbons (Fsp3) is 0.625. The van der Waals surface area contributed by atoms with Crippen molar-refractivity contribution >= 4 is 41.0 Å². The van der Waals surface area contributed by atoms with E-state index in [4.69, 9.17) is 37.4 Å². The number of hydrogen-bond donors (Lipinski definition) is 0. The van der Waals surface area contributed by atoms with Gasteiger partial charge in [-0.05, 0) is 45.2 Å². The fourth-order valence-corrected chi connectivity index (χ4v) is 4.42. The lowest BCUT2D eigenvalue weighted by Crippen LogP contribution is -2.59. The lowest BCUT2D eigenvalue weighted by atomic mass is 9.86. The van der Waals surface area contributed by atoms with E-state index in [0.717, 1.165) is 12.8 Å². The third-order valence-corrected chi connectivity index (χ3v) is 6.62. The molecule has 0 spiro atoms. The fourth-order valence-electron chi connectivity index (χ4n) is 4.04. The number of hydrogen-bond acceptors (Lipinski definition) is 6. The molecule has 1 aliphatic carbocycles. The topological polar surface area (TPSA) is 85.4 Å². The second-order valence-electron chi connectivity index (χ2n) is 9.62. The number of carbonyl (C=O) groups excluding carboxylic acids is 3. The number of benzene rings is 1. The first-order valence-electron chi connectivity index (χ1n) is 11.4. The van der Waals surface area contributed by atoms with E-state index >= 15 is 0 Å². The van der Waals surface area contributed by atoms with Crippen LogP contribution < -0.4 is 0 Å². The van der Waals surface area contributed by atoms with Crippen molar-refractivity contribution < 1.29 is 28.6 Å². The normalized spacial score (nSPS) is 20.9. The summed E-state index contributed by atoms with van der Waals surface area (Å²) < 4.78 is 16.1. The number of carbonyl (C=O) groups is 3. The number of Topliss-reactive ketones (excluding diaryl/α,β-unsaturated/α-hetero) is 1. The number of piperidine rings is 1. The maximum Gasteiger partial charge on any atom is 0.410 e. The molecule has 0 N–H and O–H groups in total. The monoisotopic (exact) mass is 514 g/mol. The van der Waals surface area contributed by atoms with Crippen LogP contribution >= 0.6 is 23.2 Å². The van der Waals surface area contributed by atoms with Gasteiger partial charge in [0.2, 0.25) is 5.91 Å². The summed E-state index contributed by atoms with van der Waals surface area (Å²) in [6.45, 7) is 5.62. The zero-order valence-electron chi connectivity index (χ0n) is 20.0. The van der Waals surface area contributed by atoms with Crippen LogP contribution in [0.15, 0.2) is 18.2 Å². The van der Waals surface area contributed by atoms with Crippen molar-refractivity contribution in [3.05, 3.63) is 33.8 Å². The van der Waals surface area contributed by atoms with Gasteiger partial charge in [0, 0.05) is 32.7 Å². The predicted octanol–water partition coefficient (Wildman–Crippen LogP) is 4.30. The highest BCUT2D eigenvalue weighted by Gasteiger charge is 2.48. The minimum atomic E-state index is -1.07. The summed E-state index contributed by atoms with van der Waals surface area (Å²) in [5.41, 5.74) is -0.0202. The van der Waals surface area contributed by atoms with Crippen LogP contribution in [0.3, 0.4) is 0 Å². The molecular weight excluding hydrogens is 483 g/mol. The van der Waals surface area contributed by atoms with E-state index < -0.39 is 23.7 Å². The summed E-state index contributed by atoms with van der Waals surface area (Å²) in [6.07, 6.45) is 1.16. The zero-order valence-corrected chi connectivity index (χ0v) is 21.5. The van der Waals surface area contributed by atoms with Crippen LogP contribution in [0.1, 0.15) is 45.6 Å². The van der Waals surface area contributed by atoms with E-state index in [1.165, 1.54) is 12.0 Å². The number of methoxy groups -OCH3 is 1. The highest BCUT2D eigenvalue weighted by Crippen LogP contribution is 2.35. The van der Waals surface area contributed by atoms with Crippen molar-refractivity contribution in [3.8, 4) is 0 Å². The van der Waals surface area contributed by atoms with Gasteiger partial charge in [0.05, 0.1) is 22.7 Å². The van der Waals surface area contributed by atoms with Crippen LogP contribution in [-0.4, -0.2) is 72.3 Å². The predicted molar refractivity (Wildman–Crippen MR) is 128 cm³/mol. The van der Waals surface area contributed by atoms with Gasteiger partial charge in [-0.1, -0.05) is 35.3 Å². The average Bonchev–Trinajstić information content (AvgIpc) is 3.58. The van der Waals surface area contributed by atoms with Crippen LogP contribution in [0.25, 0.3) is 0 Å². The highest BCUT2D eigenvalue weighted by molar-refractivity contribution is 6.42. The van der Waals surface area contributed by atoms with Crippen molar-refractivity contribution in [1.29, 1.82) is 0 Å². The van der Waals surface area contributed by atoms with Crippen molar-refractivity contribution in [3.63, 3.8) is 0 Å². The molecule has 2 amide bonds. The molecule has 0 radical (unpaired) electrons. The van der Waals surface area contributed by atoms with Crippen molar-refractivity contribution in [2.45, 2.75) is 64.3 Å². The van der Waals surface area contributed by atoms with E-state index in [9.17, 15) is 14.4 Å². The Balaban J connectivity index is 1.89. The molecule has 1 saturated heterocycles. The van der Waals surface area contributed by atoms with E-state index in [1.807, 2.05) is 6.07 Å². The molecule has 1 aliphatic heterocycles. The molecule has 34 heavy (non-hydrogen) atoms. The maximum atomic E-state index is 13.9. The van der Waals surface area contributed by atoms with E-state index in [1.54, 1.807) is 37.8 Å².